The fraction of sp³-hybridized carbons (Fsp3) is 0. The molecule has 1 aromatic heterocycles. The molecule has 0 atom stereocenters. The summed E-state index contributed by atoms with van der Waals surface area (Å²) in [5.74, 6) is 0. The molecule has 0 fully saturated rings. The minimum Gasteiger partial charge on any atom is -0.456 e. The van der Waals surface area contributed by atoms with E-state index in [0.29, 0.717) is 0 Å². The Morgan fingerprint density at radius 3 is 1.18 bits per heavy atom. The summed E-state index contributed by atoms with van der Waals surface area (Å²) in [7, 11) is 0. The van der Waals surface area contributed by atoms with Crippen molar-refractivity contribution in [3.8, 4) is 44.5 Å². The molecule has 0 amide bonds. The number of hydrogen-bond donors (Lipinski definition) is 0. The Morgan fingerprint density at radius 2 is 0.579 bits per heavy atom. The molecule has 1 heterocycles. The molecule has 12 aromatic rings. The van der Waals surface area contributed by atoms with E-state index in [4.69, 9.17) is 4.42 Å². The fourth-order valence-electron chi connectivity index (χ4n) is 9.51. The fourth-order valence-corrected chi connectivity index (χ4v) is 9.51. The van der Waals surface area contributed by atoms with E-state index in [9.17, 15) is 0 Å². The van der Waals surface area contributed by atoms with E-state index >= 15 is 0 Å². The summed E-state index contributed by atoms with van der Waals surface area (Å²) >= 11 is 0. The minimum atomic E-state index is 0.912. The maximum Gasteiger partial charge on any atom is 0.135 e. The molecule has 0 radical (unpaired) electrons. The smallest absolute Gasteiger partial charge is 0.135 e. The van der Waals surface area contributed by atoms with Crippen LogP contribution in [0.15, 0.2) is 211 Å². The summed E-state index contributed by atoms with van der Waals surface area (Å²) in [5, 5.41) is 15.0. The van der Waals surface area contributed by atoms with Crippen LogP contribution in [0, 0.1) is 0 Å². The third-order valence-corrected chi connectivity index (χ3v) is 12.1. The standard InChI is InChI=1S/C56H34O/c1-2-14-40(37-30-32-54-52(33-37)46-19-11-12-24-53(46)57-54)39(13-1)35-25-27-36(28-26-35)55-47-20-7-9-22-49(47)56(50-23-10-8-21-48(50)55)38-29-31-45-43-17-4-3-15-41(43)42-16-5-6-18-44(42)51(45)34-38/h1-34H. The van der Waals surface area contributed by atoms with Crippen molar-refractivity contribution in [2.75, 3.05) is 0 Å². The highest BCUT2D eigenvalue weighted by Gasteiger charge is 2.19. The van der Waals surface area contributed by atoms with Gasteiger partial charge in [0.15, 0.2) is 0 Å². The first-order valence-corrected chi connectivity index (χ1v) is 19.7. The molecule has 0 aliphatic heterocycles. The Kier molecular flexibility index (Phi) is 7.00. The van der Waals surface area contributed by atoms with Crippen LogP contribution in [-0.2, 0) is 0 Å². The summed E-state index contributed by atoms with van der Waals surface area (Å²) in [6, 6.07) is 75.4. The molecule has 12 rings (SSSR count). The molecule has 11 aromatic carbocycles. The molecule has 264 valence electrons. The zero-order chi connectivity index (χ0) is 37.5. The lowest BCUT2D eigenvalue weighted by Crippen LogP contribution is -1.92. The average molecular weight is 723 g/mol. The topological polar surface area (TPSA) is 13.1 Å². The Labute approximate surface area is 329 Å². The van der Waals surface area contributed by atoms with Crippen LogP contribution in [0.3, 0.4) is 0 Å². The molecule has 0 aliphatic rings. The predicted molar refractivity (Wildman–Crippen MR) is 243 cm³/mol. The number of para-hydroxylation sites is 1. The van der Waals surface area contributed by atoms with Crippen molar-refractivity contribution >= 4 is 75.8 Å². The van der Waals surface area contributed by atoms with Gasteiger partial charge in [-0.25, -0.2) is 0 Å². The summed E-state index contributed by atoms with van der Waals surface area (Å²) in [5.41, 5.74) is 11.6. The summed E-state index contributed by atoms with van der Waals surface area (Å²) in [4.78, 5) is 0. The highest BCUT2D eigenvalue weighted by molar-refractivity contribution is 6.27. The van der Waals surface area contributed by atoms with Gasteiger partial charge in [0.2, 0.25) is 0 Å². The minimum absolute atomic E-state index is 0.912. The van der Waals surface area contributed by atoms with Gasteiger partial charge in [-0.2, -0.15) is 0 Å². The quantitative estimate of drug-likeness (QED) is 0.130. The SMILES string of the molecule is c1ccc(-c2ccc3oc4ccccc4c3c2)c(-c2ccc(-c3c4ccccc4c(-c4ccc5c6ccccc6c6ccccc6c5c4)c4ccccc34)cc2)c1. The van der Waals surface area contributed by atoms with Crippen LogP contribution in [0.1, 0.15) is 0 Å². The lowest BCUT2D eigenvalue weighted by molar-refractivity contribution is 0.669. The van der Waals surface area contributed by atoms with Gasteiger partial charge < -0.3 is 4.42 Å². The molecule has 0 saturated heterocycles. The van der Waals surface area contributed by atoms with E-state index in [1.165, 1.54) is 98.4 Å². The van der Waals surface area contributed by atoms with Crippen molar-refractivity contribution in [2.45, 2.75) is 0 Å². The van der Waals surface area contributed by atoms with Crippen LogP contribution >= 0.6 is 0 Å². The molecule has 57 heavy (non-hydrogen) atoms. The van der Waals surface area contributed by atoms with Crippen molar-refractivity contribution in [1.29, 1.82) is 0 Å². The van der Waals surface area contributed by atoms with E-state index in [2.05, 4.69) is 194 Å². The molecular weight excluding hydrogens is 689 g/mol. The van der Waals surface area contributed by atoms with E-state index in [1.807, 2.05) is 12.1 Å². The van der Waals surface area contributed by atoms with Gasteiger partial charge >= 0.3 is 0 Å². The molecule has 1 nitrogen and oxygen atoms in total. The van der Waals surface area contributed by atoms with Gasteiger partial charge in [-0.3, -0.25) is 0 Å². The molecule has 0 N–H and O–H groups in total. The molecular formula is C56H34O. The number of hydrogen-bond acceptors (Lipinski definition) is 1. The van der Waals surface area contributed by atoms with Crippen molar-refractivity contribution in [3.63, 3.8) is 0 Å². The number of benzene rings is 11. The first-order valence-electron chi connectivity index (χ1n) is 19.7. The molecule has 0 aliphatic carbocycles. The average Bonchev–Trinajstić information content (AvgIpc) is 3.66. The Morgan fingerprint density at radius 1 is 0.211 bits per heavy atom. The first kappa shape index (κ1) is 31.8. The van der Waals surface area contributed by atoms with Crippen LogP contribution in [0.5, 0.6) is 0 Å². The molecule has 0 bridgehead atoms. The van der Waals surface area contributed by atoms with Crippen molar-refractivity contribution in [2.24, 2.45) is 0 Å². The third-order valence-electron chi connectivity index (χ3n) is 12.1. The monoisotopic (exact) mass is 722 g/mol. The van der Waals surface area contributed by atoms with Crippen LogP contribution < -0.4 is 0 Å². The van der Waals surface area contributed by atoms with E-state index in [-0.39, 0.29) is 0 Å². The van der Waals surface area contributed by atoms with Gasteiger partial charge in [0.1, 0.15) is 11.2 Å². The lowest BCUT2D eigenvalue weighted by Gasteiger charge is -2.19. The van der Waals surface area contributed by atoms with Gasteiger partial charge in [-0.1, -0.05) is 182 Å². The van der Waals surface area contributed by atoms with Crippen molar-refractivity contribution in [3.05, 3.63) is 206 Å². The number of furan rings is 1. The highest BCUT2D eigenvalue weighted by atomic mass is 16.3. The largest absolute Gasteiger partial charge is 0.456 e. The summed E-state index contributed by atoms with van der Waals surface area (Å²) < 4.78 is 6.15. The summed E-state index contributed by atoms with van der Waals surface area (Å²) in [6.45, 7) is 0. The molecule has 1 heteroatoms. The van der Waals surface area contributed by atoms with Crippen LogP contribution in [0.25, 0.3) is 120 Å². The van der Waals surface area contributed by atoms with Crippen molar-refractivity contribution in [1.82, 2.24) is 0 Å². The maximum atomic E-state index is 6.15. The predicted octanol–water partition coefficient (Wildman–Crippen LogP) is 16.0. The highest BCUT2D eigenvalue weighted by Crippen LogP contribution is 2.46. The van der Waals surface area contributed by atoms with Crippen LogP contribution in [0.4, 0.5) is 0 Å². The zero-order valence-corrected chi connectivity index (χ0v) is 31.0. The maximum absolute atomic E-state index is 6.15. The van der Waals surface area contributed by atoms with Gasteiger partial charge in [0.05, 0.1) is 0 Å². The normalized spacial score (nSPS) is 11.9. The second kappa shape index (κ2) is 12.5. The Bertz CT molecular complexity index is 3480. The number of rotatable bonds is 4. The van der Waals surface area contributed by atoms with E-state index in [1.54, 1.807) is 0 Å². The molecule has 0 unspecified atom stereocenters. The van der Waals surface area contributed by atoms with Crippen molar-refractivity contribution < 1.29 is 4.42 Å². The Balaban J connectivity index is 1.02. The van der Waals surface area contributed by atoms with Gasteiger partial charge in [-0.05, 0) is 123 Å². The summed E-state index contributed by atoms with van der Waals surface area (Å²) in [6.07, 6.45) is 0. The lowest BCUT2D eigenvalue weighted by atomic mass is 9.84. The van der Waals surface area contributed by atoms with Gasteiger partial charge in [-0.15, -0.1) is 0 Å². The van der Waals surface area contributed by atoms with Crippen LogP contribution in [-0.4, -0.2) is 0 Å². The van der Waals surface area contributed by atoms with E-state index in [0.717, 1.165) is 21.9 Å². The second-order valence-electron chi connectivity index (χ2n) is 15.1. The van der Waals surface area contributed by atoms with Gasteiger partial charge in [0.25, 0.3) is 0 Å². The third kappa shape index (κ3) is 4.89. The Hall–Kier alpha value is -7.48. The second-order valence-corrected chi connectivity index (χ2v) is 15.1. The molecule has 0 saturated carbocycles. The first-order chi connectivity index (χ1) is 28.3. The van der Waals surface area contributed by atoms with E-state index < -0.39 is 0 Å². The number of fused-ring (bicyclic) bond motifs is 11. The van der Waals surface area contributed by atoms with Gasteiger partial charge in [0, 0.05) is 10.8 Å². The molecule has 0 spiro atoms. The zero-order valence-electron chi connectivity index (χ0n) is 31.0. The van der Waals surface area contributed by atoms with Crippen LogP contribution in [0.2, 0.25) is 0 Å².